The largest absolute Gasteiger partial charge is 0.268 e. The number of benzene rings is 2. The molecule has 0 amide bonds. The monoisotopic (exact) mass is 404 g/mol. The molecule has 0 N–H and O–H groups in total. The minimum absolute atomic E-state index is 0.0576. The van der Waals surface area contributed by atoms with Gasteiger partial charge < -0.3 is 0 Å². The Hall–Kier alpha value is -3.39. The van der Waals surface area contributed by atoms with Crippen LogP contribution in [0.1, 0.15) is 43.3 Å². The van der Waals surface area contributed by atoms with Gasteiger partial charge in [-0.05, 0) is 52.9 Å². The molecular weight excluding hydrogens is 381 g/mol. The Morgan fingerprint density at radius 3 is 2.39 bits per heavy atom. The van der Waals surface area contributed by atoms with Crippen LogP contribution in [0.3, 0.4) is 0 Å². The van der Waals surface area contributed by atoms with Crippen LogP contribution in [0, 0.1) is 11.3 Å². The second kappa shape index (κ2) is 6.82. The average Bonchev–Trinajstić information content (AvgIpc) is 3.10. The van der Waals surface area contributed by atoms with Crippen LogP contribution in [-0.2, 0) is 12.8 Å². The number of hydrogen-bond donors (Lipinski definition) is 0. The van der Waals surface area contributed by atoms with Gasteiger partial charge >= 0.3 is 0 Å². The van der Waals surface area contributed by atoms with Crippen LogP contribution in [0.2, 0.25) is 12.1 Å². The van der Waals surface area contributed by atoms with Gasteiger partial charge in [0.2, 0.25) is 0 Å². The molecule has 2 heterocycles. The molecule has 4 aromatic rings. The van der Waals surface area contributed by atoms with Crippen molar-refractivity contribution >= 4 is 46.6 Å². The van der Waals surface area contributed by atoms with E-state index in [0.29, 0.717) is 16.9 Å². The molecule has 1 unspecified atom stereocenters. The van der Waals surface area contributed by atoms with Gasteiger partial charge in [0.1, 0.15) is 12.9 Å². The van der Waals surface area contributed by atoms with Crippen molar-refractivity contribution in [1.29, 1.82) is 5.26 Å². The molecule has 5 heteroatoms. The maximum absolute atomic E-state index is 13.7. The van der Waals surface area contributed by atoms with Crippen molar-refractivity contribution in [2.75, 3.05) is 0 Å². The Balaban J connectivity index is 1.98. The molecule has 2 aromatic carbocycles. The van der Waals surface area contributed by atoms with E-state index in [0.717, 1.165) is 34.7 Å². The zero-order chi connectivity index (χ0) is 21.9. The highest BCUT2D eigenvalue weighted by Gasteiger charge is 2.29. The number of allylic oxidation sites excluding steroid dienone is 2. The lowest BCUT2D eigenvalue weighted by Gasteiger charge is -2.21. The summed E-state index contributed by atoms with van der Waals surface area (Å²) in [6.45, 7) is 8.24. The molecule has 0 fully saturated rings. The highest BCUT2D eigenvalue weighted by molar-refractivity contribution is 6.41. The molecule has 151 valence electrons. The molecule has 1 atom stereocenters. The van der Waals surface area contributed by atoms with E-state index >= 15 is 0 Å². The lowest BCUT2D eigenvalue weighted by Crippen LogP contribution is -2.15. The van der Waals surface area contributed by atoms with E-state index in [1.165, 1.54) is 16.5 Å². The summed E-state index contributed by atoms with van der Waals surface area (Å²) in [4.78, 5) is 18.6. The molecule has 0 spiro atoms. The summed E-state index contributed by atoms with van der Waals surface area (Å²) in [5.41, 5.74) is 5.13. The molecule has 1 aliphatic rings. The SMILES string of the molecule is C[B]C1(C)C=Cc2c(nc3c4ccc(CC)c5c(CC)ccc(c(=O)n23)c54)C=C1C#N. The molecule has 2 aromatic heterocycles. The fraction of sp³-hybridized carbons (Fsp3) is 0.269. The molecule has 0 saturated carbocycles. The third-order valence-corrected chi connectivity index (χ3v) is 6.88. The van der Waals surface area contributed by atoms with Gasteiger partial charge in [0.15, 0.2) is 0 Å². The Kier molecular flexibility index (Phi) is 4.30. The van der Waals surface area contributed by atoms with Crippen LogP contribution in [0.4, 0.5) is 0 Å². The maximum Gasteiger partial charge on any atom is 0.264 e. The van der Waals surface area contributed by atoms with Crippen molar-refractivity contribution in [1.82, 2.24) is 9.38 Å². The van der Waals surface area contributed by atoms with Crippen LogP contribution in [-0.4, -0.2) is 16.7 Å². The molecule has 0 aliphatic heterocycles. The third kappa shape index (κ3) is 2.54. The van der Waals surface area contributed by atoms with Gasteiger partial charge in [-0.3, -0.25) is 9.20 Å². The normalized spacial score (nSPS) is 18.2. The summed E-state index contributed by atoms with van der Waals surface area (Å²) < 4.78 is 1.72. The van der Waals surface area contributed by atoms with Crippen molar-refractivity contribution in [3.05, 3.63) is 68.8 Å². The maximum atomic E-state index is 13.7. The summed E-state index contributed by atoms with van der Waals surface area (Å²) in [7, 11) is 2.00. The van der Waals surface area contributed by atoms with Crippen LogP contribution < -0.4 is 5.56 Å². The van der Waals surface area contributed by atoms with Crippen molar-refractivity contribution in [3.63, 3.8) is 0 Å². The number of nitrogens with zero attached hydrogens (tertiary/aromatic N) is 3. The highest BCUT2D eigenvalue weighted by atomic mass is 16.1. The second-order valence-corrected chi connectivity index (χ2v) is 8.42. The minimum Gasteiger partial charge on any atom is -0.268 e. The van der Waals surface area contributed by atoms with E-state index in [1.807, 2.05) is 45.3 Å². The third-order valence-electron chi connectivity index (χ3n) is 6.88. The van der Waals surface area contributed by atoms with Gasteiger partial charge in [-0.2, -0.15) is 5.26 Å². The second-order valence-electron chi connectivity index (χ2n) is 8.42. The van der Waals surface area contributed by atoms with E-state index < -0.39 is 5.31 Å². The number of pyridine rings is 1. The van der Waals surface area contributed by atoms with Gasteiger partial charge in [-0.1, -0.05) is 51.9 Å². The summed E-state index contributed by atoms with van der Waals surface area (Å²) in [6, 6.07) is 10.6. The molecule has 4 nitrogen and oxygen atoms in total. The Morgan fingerprint density at radius 2 is 1.77 bits per heavy atom. The number of imidazole rings is 1. The number of hydrogen-bond acceptors (Lipinski definition) is 3. The first-order valence-corrected chi connectivity index (χ1v) is 10.8. The van der Waals surface area contributed by atoms with Crippen LogP contribution in [0.5, 0.6) is 0 Å². The van der Waals surface area contributed by atoms with Gasteiger partial charge in [-0.25, -0.2) is 4.98 Å². The first-order valence-electron chi connectivity index (χ1n) is 10.8. The quantitative estimate of drug-likeness (QED) is 0.428. The molecule has 5 rings (SSSR count). The summed E-state index contributed by atoms with van der Waals surface area (Å²) in [6.07, 6.45) is 7.58. The van der Waals surface area contributed by atoms with E-state index in [1.54, 1.807) is 4.40 Å². The van der Waals surface area contributed by atoms with Crippen molar-refractivity contribution in [2.24, 2.45) is 0 Å². The summed E-state index contributed by atoms with van der Waals surface area (Å²) in [5, 5.41) is 13.2. The van der Waals surface area contributed by atoms with Gasteiger partial charge in [0.05, 0.1) is 17.5 Å². The molecule has 0 bridgehead atoms. The molecule has 31 heavy (non-hydrogen) atoms. The first kappa shape index (κ1) is 19.6. The molecule has 1 radical (unpaired) electrons. The lowest BCUT2D eigenvalue weighted by atomic mass is 9.52. The van der Waals surface area contributed by atoms with Crippen molar-refractivity contribution < 1.29 is 0 Å². The standard InChI is InChI=1S/C26H23BN3O/c1-5-15-7-9-18-23-19(10-8-16(6-2)22(15)23)25(31)30-21-11-12-26(3,27-4)17(14-28)13-20(21)29-24(18)30/h7-13H,5-6H2,1-4H3. The molecule has 1 aliphatic carbocycles. The fourth-order valence-corrected chi connectivity index (χ4v) is 4.86. The van der Waals surface area contributed by atoms with E-state index in [2.05, 4.69) is 38.1 Å². The number of rotatable bonds is 3. The predicted octanol–water partition coefficient (Wildman–Crippen LogP) is 5.43. The van der Waals surface area contributed by atoms with Crippen LogP contribution in [0.25, 0.3) is 39.3 Å². The van der Waals surface area contributed by atoms with Crippen LogP contribution in [0.15, 0.2) is 40.7 Å². The van der Waals surface area contributed by atoms with Crippen LogP contribution >= 0.6 is 0 Å². The average molecular weight is 404 g/mol. The number of nitriles is 1. The minimum atomic E-state index is -0.489. The lowest BCUT2D eigenvalue weighted by molar-refractivity contribution is 0.922. The smallest absolute Gasteiger partial charge is 0.264 e. The van der Waals surface area contributed by atoms with E-state index in [4.69, 9.17) is 4.98 Å². The molecule has 0 saturated heterocycles. The Morgan fingerprint density at radius 1 is 1.10 bits per heavy atom. The zero-order valence-corrected chi connectivity index (χ0v) is 18.3. The summed E-state index contributed by atoms with van der Waals surface area (Å²) in [5.74, 6) is 0. The van der Waals surface area contributed by atoms with E-state index in [-0.39, 0.29) is 5.56 Å². The van der Waals surface area contributed by atoms with Gasteiger partial charge in [0.25, 0.3) is 5.56 Å². The van der Waals surface area contributed by atoms with E-state index in [9.17, 15) is 10.1 Å². The topological polar surface area (TPSA) is 58.2 Å². The number of fused-ring (bicyclic) bond motifs is 4. The van der Waals surface area contributed by atoms with Crippen molar-refractivity contribution in [3.8, 4) is 6.07 Å². The predicted molar refractivity (Wildman–Crippen MR) is 129 cm³/mol. The highest BCUT2D eigenvalue weighted by Crippen LogP contribution is 2.41. The summed E-state index contributed by atoms with van der Waals surface area (Å²) >= 11 is 0. The van der Waals surface area contributed by atoms with Gasteiger partial charge in [0, 0.05) is 21.7 Å². The van der Waals surface area contributed by atoms with Crippen molar-refractivity contribution in [2.45, 2.75) is 45.8 Å². The fourth-order valence-electron chi connectivity index (χ4n) is 4.86. The number of aromatic nitrogens is 2. The first-order chi connectivity index (χ1) is 15.0. The Labute approximate surface area is 182 Å². The van der Waals surface area contributed by atoms with Gasteiger partial charge in [-0.15, -0.1) is 0 Å². The zero-order valence-electron chi connectivity index (χ0n) is 18.3. The number of aryl methyl sites for hydroxylation is 2. The molecular formula is C26H23BN3O. The Bertz CT molecular complexity index is 1530.